The molecule has 1 heteroatoms. The molecule has 0 aliphatic heterocycles. The van der Waals surface area contributed by atoms with Gasteiger partial charge in [-0.15, -0.1) is 0 Å². The molecule has 90 valence electrons. The quantitative estimate of drug-likeness (QED) is 0.661. The highest BCUT2D eigenvalue weighted by molar-refractivity contribution is 4.93. The van der Waals surface area contributed by atoms with Gasteiger partial charge in [0.25, 0.3) is 0 Å². The average Bonchev–Trinajstić information content (AvgIpc) is 2.48. The smallest absolute Gasteiger partial charge is 0.0521 e. The molecular weight excluding hydrogens is 184 g/mol. The molecule has 0 aromatic heterocycles. The fraction of sp³-hybridized carbons (Fsp3) is 1.00. The second-order valence-electron chi connectivity index (χ2n) is 6.28. The van der Waals surface area contributed by atoms with Crippen molar-refractivity contribution in [2.45, 2.75) is 59.8 Å². The maximum atomic E-state index is 5.49. The zero-order valence-electron chi connectivity index (χ0n) is 11.2. The van der Waals surface area contributed by atoms with Gasteiger partial charge in [0.15, 0.2) is 0 Å². The number of hydrogen-bond donors (Lipinski definition) is 0. The molecule has 0 saturated heterocycles. The van der Waals surface area contributed by atoms with Crippen molar-refractivity contribution in [2.24, 2.45) is 16.7 Å². The van der Waals surface area contributed by atoms with Gasteiger partial charge in [-0.3, -0.25) is 0 Å². The first-order valence-corrected chi connectivity index (χ1v) is 6.45. The minimum absolute atomic E-state index is 0.467. The van der Waals surface area contributed by atoms with E-state index in [0.29, 0.717) is 10.8 Å². The van der Waals surface area contributed by atoms with Crippen LogP contribution in [0.4, 0.5) is 0 Å². The Morgan fingerprint density at radius 1 is 1.40 bits per heavy atom. The number of hydrogen-bond acceptors (Lipinski definition) is 1. The second-order valence-corrected chi connectivity index (χ2v) is 6.28. The van der Waals surface area contributed by atoms with E-state index >= 15 is 0 Å². The lowest BCUT2D eigenvalue weighted by Gasteiger charge is -2.40. The summed E-state index contributed by atoms with van der Waals surface area (Å²) in [5, 5.41) is 0. The molecule has 1 nitrogen and oxygen atoms in total. The van der Waals surface area contributed by atoms with Crippen molar-refractivity contribution in [3.63, 3.8) is 0 Å². The highest BCUT2D eigenvalue weighted by Gasteiger charge is 2.43. The summed E-state index contributed by atoms with van der Waals surface area (Å²) in [6.07, 6.45) is 6.75. The Morgan fingerprint density at radius 3 is 2.47 bits per heavy atom. The van der Waals surface area contributed by atoms with E-state index in [9.17, 15) is 0 Å². The molecule has 2 atom stereocenters. The molecule has 0 radical (unpaired) electrons. The Bertz CT molecular complexity index is 198. The van der Waals surface area contributed by atoms with Gasteiger partial charge in [0.1, 0.15) is 0 Å². The third kappa shape index (κ3) is 2.96. The van der Waals surface area contributed by atoms with Crippen molar-refractivity contribution in [2.75, 3.05) is 13.7 Å². The van der Waals surface area contributed by atoms with E-state index in [0.717, 1.165) is 12.5 Å². The van der Waals surface area contributed by atoms with Crippen LogP contribution in [0.15, 0.2) is 0 Å². The van der Waals surface area contributed by atoms with Crippen molar-refractivity contribution in [1.29, 1.82) is 0 Å². The van der Waals surface area contributed by atoms with E-state index in [-0.39, 0.29) is 0 Å². The Labute approximate surface area is 95.6 Å². The molecule has 15 heavy (non-hydrogen) atoms. The van der Waals surface area contributed by atoms with E-state index in [1.54, 1.807) is 0 Å². The molecular formula is C14H28O. The van der Waals surface area contributed by atoms with Crippen LogP contribution in [-0.2, 0) is 4.74 Å². The molecule has 0 aromatic rings. The summed E-state index contributed by atoms with van der Waals surface area (Å²) in [6.45, 7) is 10.5. The Hall–Kier alpha value is -0.0400. The third-order valence-electron chi connectivity index (χ3n) is 4.58. The SMILES string of the molecule is CCC(C)(C)C[C@@]1(COC)CCCC1C. The molecule has 1 aliphatic rings. The monoisotopic (exact) mass is 212 g/mol. The summed E-state index contributed by atoms with van der Waals surface area (Å²) >= 11 is 0. The van der Waals surface area contributed by atoms with Crippen LogP contribution in [0, 0.1) is 16.7 Å². The first-order chi connectivity index (χ1) is 6.96. The van der Waals surface area contributed by atoms with E-state index in [2.05, 4.69) is 27.7 Å². The number of methoxy groups -OCH3 is 1. The van der Waals surface area contributed by atoms with Gasteiger partial charge < -0.3 is 4.74 Å². The normalized spacial score (nSPS) is 32.2. The van der Waals surface area contributed by atoms with Crippen LogP contribution in [0.1, 0.15) is 59.8 Å². The summed E-state index contributed by atoms with van der Waals surface area (Å²) in [6, 6.07) is 0. The molecule has 0 heterocycles. The standard InChI is InChI=1S/C14H28O/c1-6-13(3,4)10-14(11-15-5)9-7-8-12(14)2/h12H,6-11H2,1-5H3/t12?,14-/m1/s1. The molecule has 0 N–H and O–H groups in total. The van der Waals surface area contributed by atoms with E-state index < -0.39 is 0 Å². The predicted octanol–water partition coefficient (Wildman–Crippen LogP) is 4.27. The molecule has 0 aromatic carbocycles. The fourth-order valence-corrected chi connectivity index (χ4v) is 3.21. The summed E-state index contributed by atoms with van der Waals surface area (Å²) in [7, 11) is 1.85. The van der Waals surface area contributed by atoms with Gasteiger partial charge in [-0.1, -0.05) is 47.0 Å². The highest BCUT2D eigenvalue weighted by atomic mass is 16.5. The zero-order chi connectivity index (χ0) is 11.5. The Morgan fingerprint density at radius 2 is 2.07 bits per heavy atom. The Balaban J connectivity index is 2.73. The lowest BCUT2D eigenvalue weighted by atomic mass is 9.67. The van der Waals surface area contributed by atoms with Crippen molar-refractivity contribution >= 4 is 0 Å². The van der Waals surface area contributed by atoms with Crippen molar-refractivity contribution in [1.82, 2.24) is 0 Å². The van der Waals surface area contributed by atoms with Crippen LogP contribution in [0.3, 0.4) is 0 Å². The van der Waals surface area contributed by atoms with Gasteiger partial charge in [0.05, 0.1) is 6.61 Å². The van der Waals surface area contributed by atoms with Crippen LogP contribution < -0.4 is 0 Å². The van der Waals surface area contributed by atoms with Gasteiger partial charge in [-0.25, -0.2) is 0 Å². The van der Waals surface area contributed by atoms with E-state index in [4.69, 9.17) is 4.74 Å². The van der Waals surface area contributed by atoms with Crippen molar-refractivity contribution in [3.8, 4) is 0 Å². The highest BCUT2D eigenvalue weighted by Crippen LogP contribution is 2.50. The number of rotatable bonds is 5. The lowest BCUT2D eigenvalue weighted by molar-refractivity contribution is 0.0164. The van der Waals surface area contributed by atoms with Crippen LogP contribution >= 0.6 is 0 Å². The molecule has 1 fully saturated rings. The first-order valence-electron chi connectivity index (χ1n) is 6.45. The van der Waals surface area contributed by atoms with E-state index in [1.807, 2.05) is 7.11 Å². The molecule has 1 unspecified atom stereocenters. The van der Waals surface area contributed by atoms with Gasteiger partial charge in [0, 0.05) is 7.11 Å². The van der Waals surface area contributed by atoms with Crippen LogP contribution in [0.5, 0.6) is 0 Å². The van der Waals surface area contributed by atoms with Crippen molar-refractivity contribution in [3.05, 3.63) is 0 Å². The van der Waals surface area contributed by atoms with Crippen LogP contribution in [0.2, 0.25) is 0 Å². The van der Waals surface area contributed by atoms with Gasteiger partial charge in [0.2, 0.25) is 0 Å². The molecule has 1 aliphatic carbocycles. The summed E-state index contributed by atoms with van der Waals surface area (Å²) < 4.78 is 5.49. The first kappa shape index (κ1) is 13.0. The molecule has 1 rings (SSSR count). The third-order valence-corrected chi connectivity index (χ3v) is 4.58. The van der Waals surface area contributed by atoms with Crippen LogP contribution in [-0.4, -0.2) is 13.7 Å². The number of ether oxygens (including phenoxy) is 1. The summed E-state index contributed by atoms with van der Waals surface area (Å²) in [4.78, 5) is 0. The minimum atomic E-state index is 0.467. The lowest BCUT2D eigenvalue weighted by Crippen LogP contribution is -2.34. The minimum Gasteiger partial charge on any atom is -0.384 e. The van der Waals surface area contributed by atoms with Gasteiger partial charge >= 0.3 is 0 Å². The topological polar surface area (TPSA) is 9.23 Å². The molecule has 0 bridgehead atoms. The maximum Gasteiger partial charge on any atom is 0.0521 e. The maximum absolute atomic E-state index is 5.49. The van der Waals surface area contributed by atoms with Gasteiger partial charge in [-0.2, -0.15) is 0 Å². The average molecular weight is 212 g/mol. The molecule has 0 spiro atoms. The second kappa shape index (κ2) is 4.86. The predicted molar refractivity (Wildman–Crippen MR) is 66.0 cm³/mol. The Kier molecular flexibility index (Phi) is 4.22. The summed E-state index contributed by atoms with van der Waals surface area (Å²) in [5.74, 6) is 0.836. The largest absolute Gasteiger partial charge is 0.384 e. The van der Waals surface area contributed by atoms with Gasteiger partial charge in [-0.05, 0) is 29.6 Å². The van der Waals surface area contributed by atoms with Crippen molar-refractivity contribution < 1.29 is 4.74 Å². The van der Waals surface area contributed by atoms with E-state index in [1.165, 1.54) is 32.1 Å². The summed E-state index contributed by atoms with van der Waals surface area (Å²) in [5.41, 5.74) is 0.936. The molecule has 1 saturated carbocycles. The fourth-order valence-electron chi connectivity index (χ4n) is 3.21. The van der Waals surface area contributed by atoms with Crippen LogP contribution in [0.25, 0.3) is 0 Å². The zero-order valence-corrected chi connectivity index (χ0v) is 11.2. The molecule has 0 amide bonds.